The third kappa shape index (κ3) is 2.29. The van der Waals surface area contributed by atoms with Crippen LogP contribution in [-0.4, -0.2) is 41.2 Å². The van der Waals surface area contributed by atoms with Crippen LogP contribution in [0.25, 0.3) is 0 Å². The summed E-state index contributed by atoms with van der Waals surface area (Å²) in [6.45, 7) is 4.18. The van der Waals surface area contributed by atoms with Crippen LogP contribution in [0.15, 0.2) is 0 Å². The van der Waals surface area contributed by atoms with E-state index in [1.165, 1.54) is 0 Å². The van der Waals surface area contributed by atoms with Gasteiger partial charge in [-0.3, -0.25) is 0 Å². The first-order valence-electron chi connectivity index (χ1n) is 5.75. The molecule has 0 atom stereocenters. The molecular weight excluding hydrogens is 220 g/mol. The number of rotatable bonds is 6. The van der Waals surface area contributed by atoms with Crippen molar-refractivity contribution in [1.82, 2.24) is 41.2 Å². The van der Waals surface area contributed by atoms with Gasteiger partial charge in [0.05, 0.1) is 5.41 Å². The molecule has 2 aromatic rings. The van der Waals surface area contributed by atoms with E-state index in [0.29, 0.717) is 11.6 Å². The molecule has 0 saturated heterocycles. The van der Waals surface area contributed by atoms with Gasteiger partial charge in [-0.1, -0.05) is 36.6 Å². The lowest BCUT2D eigenvalue weighted by molar-refractivity contribution is 0.435. The van der Waals surface area contributed by atoms with E-state index in [9.17, 15) is 0 Å². The van der Waals surface area contributed by atoms with Crippen molar-refractivity contribution < 1.29 is 0 Å². The van der Waals surface area contributed by atoms with Gasteiger partial charge in [-0.05, 0) is 13.3 Å². The van der Waals surface area contributed by atoms with Crippen molar-refractivity contribution in [2.75, 3.05) is 0 Å². The van der Waals surface area contributed by atoms with Gasteiger partial charge in [0.2, 0.25) is 0 Å². The van der Waals surface area contributed by atoms with Crippen molar-refractivity contribution in [3.05, 3.63) is 11.6 Å². The quantitative estimate of drug-likeness (QED) is 0.711. The maximum Gasteiger partial charge on any atom is 0.188 e. The van der Waals surface area contributed by atoms with Gasteiger partial charge in [0.25, 0.3) is 0 Å². The topological polar surface area (TPSA) is 109 Å². The molecule has 0 aliphatic rings. The zero-order chi connectivity index (χ0) is 12.1. The Bertz CT molecular complexity index is 386. The van der Waals surface area contributed by atoms with E-state index in [1.807, 2.05) is 6.92 Å². The summed E-state index contributed by atoms with van der Waals surface area (Å²) in [7, 11) is 0. The van der Waals surface area contributed by atoms with Crippen LogP contribution in [0.2, 0.25) is 0 Å². The van der Waals surface area contributed by atoms with Crippen molar-refractivity contribution in [3.8, 4) is 0 Å². The van der Waals surface area contributed by atoms with Crippen LogP contribution in [0, 0.1) is 0 Å². The molecule has 17 heavy (non-hydrogen) atoms. The van der Waals surface area contributed by atoms with Crippen LogP contribution in [0.1, 0.15) is 51.2 Å². The first-order valence-corrected chi connectivity index (χ1v) is 5.75. The minimum atomic E-state index is -0.435. The molecule has 0 aliphatic carbocycles. The SMILES string of the molecule is CCCCCC(C)(c1nn[nH]n1)c1nn[nH]n1. The van der Waals surface area contributed by atoms with Crippen molar-refractivity contribution >= 4 is 0 Å². The summed E-state index contributed by atoms with van der Waals surface area (Å²) in [5.74, 6) is 1.21. The highest BCUT2D eigenvalue weighted by molar-refractivity contribution is 5.16. The van der Waals surface area contributed by atoms with Crippen LogP contribution in [-0.2, 0) is 5.41 Å². The highest BCUT2D eigenvalue weighted by Crippen LogP contribution is 2.31. The van der Waals surface area contributed by atoms with Crippen molar-refractivity contribution in [1.29, 1.82) is 0 Å². The largest absolute Gasteiger partial charge is 0.188 e. The Kier molecular flexibility index (Phi) is 3.40. The summed E-state index contributed by atoms with van der Waals surface area (Å²) >= 11 is 0. The number of nitrogens with zero attached hydrogens (tertiary/aromatic N) is 6. The van der Waals surface area contributed by atoms with Crippen LogP contribution in [0.5, 0.6) is 0 Å². The fourth-order valence-corrected chi connectivity index (χ4v) is 1.84. The molecule has 8 nitrogen and oxygen atoms in total. The molecule has 0 unspecified atom stereocenters. The number of H-pyrrole nitrogens is 2. The van der Waals surface area contributed by atoms with Gasteiger partial charge in [-0.25, -0.2) is 0 Å². The molecule has 0 aliphatic heterocycles. The second kappa shape index (κ2) is 4.98. The van der Waals surface area contributed by atoms with E-state index in [1.54, 1.807) is 0 Å². The lowest BCUT2D eigenvalue weighted by Gasteiger charge is -2.21. The highest BCUT2D eigenvalue weighted by Gasteiger charge is 2.36. The standard InChI is InChI=1S/C9H16N8/c1-3-4-5-6-9(2,7-10-14-15-11-7)8-12-16-17-13-8/h3-6H2,1-2H3,(H,10,11,14,15)(H,12,13,16,17). The maximum atomic E-state index is 4.05. The van der Waals surface area contributed by atoms with Crippen LogP contribution in [0.4, 0.5) is 0 Å². The van der Waals surface area contributed by atoms with E-state index in [4.69, 9.17) is 0 Å². The average molecular weight is 236 g/mol. The molecule has 2 aromatic heterocycles. The molecule has 92 valence electrons. The normalized spacial score (nSPS) is 11.9. The Morgan fingerprint density at radius 3 is 2.00 bits per heavy atom. The van der Waals surface area contributed by atoms with Crippen LogP contribution < -0.4 is 0 Å². The van der Waals surface area contributed by atoms with Crippen LogP contribution in [0.3, 0.4) is 0 Å². The first-order chi connectivity index (χ1) is 8.27. The summed E-state index contributed by atoms with van der Waals surface area (Å²) in [6, 6.07) is 0. The summed E-state index contributed by atoms with van der Waals surface area (Å²) in [5.41, 5.74) is -0.435. The first kappa shape index (κ1) is 11.6. The third-order valence-electron chi connectivity index (χ3n) is 2.96. The number of unbranched alkanes of at least 4 members (excludes halogenated alkanes) is 2. The predicted molar refractivity (Wildman–Crippen MR) is 59.0 cm³/mol. The number of aromatic nitrogens is 8. The summed E-state index contributed by atoms with van der Waals surface area (Å²) in [5, 5.41) is 28.4. The molecule has 0 spiro atoms. The third-order valence-corrected chi connectivity index (χ3v) is 2.96. The zero-order valence-corrected chi connectivity index (χ0v) is 10.0. The van der Waals surface area contributed by atoms with E-state index in [-0.39, 0.29) is 0 Å². The fourth-order valence-electron chi connectivity index (χ4n) is 1.84. The second-order valence-corrected chi connectivity index (χ2v) is 4.26. The Morgan fingerprint density at radius 2 is 1.59 bits per heavy atom. The minimum Gasteiger partial charge on any atom is -0.177 e. The highest BCUT2D eigenvalue weighted by atomic mass is 15.5. The average Bonchev–Trinajstić information content (AvgIpc) is 3.02. The molecule has 0 saturated carbocycles. The number of tetrazole rings is 2. The van der Waals surface area contributed by atoms with E-state index in [2.05, 4.69) is 48.2 Å². The molecule has 0 fully saturated rings. The van der Waals surface area contributed by atoms with E-state index >= 15 is 0 Å². The van der Waals surface area contributed by atoms with Gasteiger partial charge >= 0.3 is 0 Å². The van der Waals surface area contributed by atoms with Crippen LogP contribution >= 0.6 is 0 Å². The molecular formula is C9H16N8. The second-order valence-electron chi connectivity index (χ2n) is 4.26. The Balaban J connectivity index is 2.23. The van der Waals surface area contributed by atoms with E-state index < -0.39 is 5.41 Å². The van der Waals surface area contributed by atoms with E-state index in [0.717, 1.165) is 25.7 Å². The zero-order valence-electron chi connectivity index (χ0n) is 10.0. The van der Waals surface area contributed by atoms with Gasteiger partial charge in [-0.2, -0.15) is 10.4 Å². The van der Waals surface area contributed by atoms with Crippen molar-refractivity contribution in [3.63, 3.8) is 0 Å². The summed E-state index contributed by atoms with van der Waals surface area (Å²) in [6.07, 6.45) is 4.26. The Morgan fingerprint density at radius 1 is 1.00 bits per heavy atom. The summed E-state index contributed by atoms with van der Waals surface area (Å²) in [4.78, 5) is 0. The van der Waals surface area contributed by atoms with Gasteiger partial charge < -0.3 is 0 Å². The molecule has 2 rings (SSSR count). The summed E-state index contributed by atoms with van der Waals surface area (Å²) < 4.78 is 0. The smallest absolute Gasteiger partial charge is 0.177 e. The van der Waals surface area contributed by atoms with Gasteiger partial charge in [0, 0.05) is 0 Å². The lowest BCUT2D eigenvalue weighted by Crippen LogP contribution is -2.27. The minimum absolute atomic E-state index is 0.435. The van der Waals surface area contributed by atoms with Gasteiger partial charge in [-0.15, -0.1) is 20.4 Å². The van der Waals surface area contributed by atoms with Gasteiger partial charge in [0.1, 0.15) is 0 Å². The molecule has 0 amide bonds. The number of aromatic amines is 2. The molecule has 2 heterocycles. The predicted octanol–water partition coefficient (Wildman–Crippen LogP) is 0.599. The van der Waals surface area contributed by atoms with Crippen molar-refractivity contribution in [2.24, 2.45) is 0 Å². The Labute approximate surface area is 98.6 Å². The lowest BCUT2D eigenvalue weighted by atomic mass is 9.83. The number of nitrogens with one attached hydrogen (secondary N) is 2. The number of hydrogen-bond acceptors (Lipinski definition) is 6. The molecule has 0 radical (unpaired) electrons. The van der Waals surface area contributed by atoms with Crippen molar-refractivity contribution in [2.45, 2.75) is 44.9 Å². The maximum absolute atomic E-state index is 4.05. The molecule has 2 N–H and O–H groups in total. The van der Waals surface area contributed by atoms with Gasteiger partial charge in [0.15, 0.2) is 11.6 Å². The fraction of sp³-hybridized carbons (Fsp3) is 0.778. The molecule has 8 heteroatoms. The molecule has 0 aromatic carbocycles. The monoisotopic (exact) mass is 236 g/mol. The number of hydrogen-bond donors (Lipinski definition) is 2. The molecule has 0 bridgehead atoms. The Hall–Kier alpha value is -1.86.